The number of nitrogens with two attached hydrogens (primary N) is 1. The number of nitrogens with zero attached hydrogens (tertiary/aromatic N) is 1. The third-order valence-electron chi connectivity index (χ3n) is 5.38. The quantitative estimate of drug-likeness (QED) is 0.882. The molecule has 1 heterocycles. The van der Waals surface area contributed by atoms with Crippen molar-refractivity contribution >= 4 is 11.8 Å². The van der Waals surface area contributed by atoms with Crippen molar-refractivity contribution < 1.29 is 14.7 Å². The summed E-state index contributed by atoms with van der Waals surface area (Å²) in [6.45, 7) is 1.61. The van der Waals surface area contributed by atoms with E-state index in [2.05, 4.69) is 0 Å². The number of amides is 2. The molecule has 130 valence electrons. The average Bonchev–Trinajstić information content (AvgIpc) is 3.03. The predicted octanol–water partition coefficient (Wildman–Crippen LogP) is 1.73. The first-order chi connectivity index (χ1) is 11.5. The van der Waals surface area contributed by atoms with Gasteiger partial charge in [-0.1, -0.05) is 12.1 Å². The Morgan fingerprint density at radius 3 is 2.62 bits per heavy atom. The van der Waals surface area contributed by atoms with Crippen LogP contribution in [-0.4, -0.2) is 41.0 Å². The Kier molecular flexibility index (Phi) is 5.19. The normalized spacial score (nSPS) is 27.2. The maximum absolute atomic E-state index is 12.6. The zero-order valence-corrected chi connectivity index (χ0v) is 14.0. The highest BCUT2D eigenvalue weighted by molar-refractivity contribution is 5.92. The number of hydrogen-bond donors (Lipinski definition) is 2. The number of benzene rings is 1. The van der Waals surface area contributed by atoms with Gasteiger partial charge in [0.05, 0.1) is 6.10 Å². The van der Waals surface area contributed by atoms with Gasteiger partial charge in [-0.25, -0.2) is 0 Å². The molecule has 0 aromatic heterocycles. The molecule has 1 aromatic rings. The van der Waals surface area contributed by atoms with Gasteiger partial charge in [-0.15, -0.1) is 0 Å². The molecule has 3 N–H and O–H groups in total. The molecule has 3 rings (SSSR count). The lowest BCUT2D eigenvalue weighted by Crippen LogP contribution is -2.37. The van der Waals surface area contributed by atoms with Gasteiger partial charge in [-0.3, -0.25) is 9.59 Å². The highest BCUT2D eigenvalue weighted by Gasteiger charge is 2.32. The molecule has 24 heavy (non-hydrogen) atoms. The highest BCUT2D eigenvalue weighted by Crippen LogP contribution is 2.29. The van der Waals surface area contributed by atoms with E-state index < -0.39 is 5.91 Å². The summed E-state index contributed by atoms with van der Waals surface area (Å²) < 4.78 is 0. The van der Waals surface area contributed by atoms with Gasteiger partial charge in [0.2, 0.25) is 11.8 Å². The molecule has 5 heteroatoms. The molecular weight excluding hydrogens is 304 g/mol. The molecule has 2 amide bonds. The van der Waals surface area contributed by atoms with Crippen LogP contribution < -0.4 is 5.73 Å². The monoisotopic (exact) mass is 330 g/mol. The maximum Gasteiger partial charge on any atom is 0.248 e. The molecule has 1 atom stereocenters. The number of likely N-dealkylation sites (tertiary alicyclic amines) is 1. The largest absolute Gasteiger partial charge is 0.393 e. The summed E-state index contributed by atoms with van der Waals surface area (Å²) in [4.78, 5) is 25.9. The van der Waals surface area contributed by atoms with Crippen LogP contribution in [0.5, 0.6) is 0 Å². The molecule has 0 spiro atoms. The molecule has 1 saturated carbocycles. The Hall–Kier alpha value is -1.88. The van der Waals surface area contributed by atoms with E-state index in [9.17, 15) is 14.7 Å². The van der Waals surface area contributed by atoms with Gasteiger partial charge in [0.15, 0.2) is 0 Å². The van der Waals surface area contributed by atoms with Crippen molar-refractivity contribution in [3.05, 3.63) is 35.4 Å². The van der Waals surface area contributed by atoms with E-state index in [0.29, 0.717) is 11.5 Å². The number of carbonyl (C=O) groups is 2. The van der Waals surface area contributed by atoms with Crippen LogP contribution in [0.4, 0.5) is 0 Å². The number of primary amides is 1. The molecule has 2 aliphatic rings. The van der Waals surface area contributed by atoms with Crippen LogP contribution in [0.1, 0.15) is 48.0 Å². The second-order valence-corrected chi connectivity index (χ2v) is 7.21. The van der Waals surface area contributed by atoms with Crippen LogP contribution in [-0.2, 0) is 11.2 Å². The molecular formula is C19H26N2O3. The van der Waals surface area contributed by atoms with E-state index in [1.165, 1.54) is 0 Å². The van der Waals surface area contributed by atoms with Crippen molar-refractivity contribution in [2.75, 3.05) is 13.1 Å². The summed E-state index contributed by atoms with van der Waals surface area (Å²) >= 11 is 0. The lowest BCUT2D eigenvalue weighted by molar-refractivity contribution is -0.136. The van der Waals surface area contributed by atoms with E-state index in [-0.39, 0.29) is 17.9 Å². The van der Waals surface area contributed by atoms with Gasteiger partial charge >= 0.3 is 0 Å². The molecule has 0 radical (unpaired) electrons. The summed E-state index contributed by atoms with van der Waals surface area (Å²) in [6.07, 6.45) is 4.75. The molecule has 1 unspecified atom stereocenters. The summed E-state index contributed by atoms with van der Waals surface area (Å²) in [7, 11) is 0. The van der Waals surface area contributed by atoms with Crippen molar-refractivity contribution in [3.8, 4) is 0 Å². The second-order valence-electron chi connectivity index (χ2n) is 7.21. The molecule has 1 aliphatic carbocycles. The Balaban J connectivity index is 1.54. The zero-order valence-electron chi connectivity index (χ0n) is 14.0. The van der Waals surface area contributed by atoms with Crippen LogP contribution in [0.25, 0.3) is 0 Å². The molecule has 1 saturated heterocycles. The van der Waals surface area contributed by atoms with Crippen LogP contribution >= 0.6 is 0 Å². The summed E-state index contributed by atoms with van der Waals surface area (Å²) in [5.41, 5.74) is 6.98. The first kappa shape index (κ1) is 17.0. The predicted molar refractivity (Wildman–Crippen MR) is 91.3 cm³/mol. The van der Waals surface area contributed by atoms with Gasteiger partial charge < -0.3 is 15.7 Å². The van der Waals surface area contributed by atoms with Crippen molar-refractivity contribution in [2.24, 2.45) is 17.6 Å². The average molecular weight is 330 g/mol. The number of carbonyl (C=O) groups excluding carboxylic acids is 2. The Bertz CT molecular complexity index is 608. The lowest BCUT2D eigenvalue weighted by Gasteiger charge is -2.28. The zero-order chi connectivity index (χ0) is 17.1. The minimum atomic E-state index is -0.403. The van der Waals surface area contributed by atoms with Gasteiger partial charge in [-0.05, 0) is 62.1 Å². The molecule has 0 bridgehead atoms. The van der Waals surface area contributed by atoms with Gasteiger partial charge in [0.1, 0.15) is 0 Å². The number of aliphatic hydroxyl groups excluding tert-OH is 1. The highest BCUT2D eigenvalue weighted by atomic mass is 16.3. The van der Waals surface area contributed by atoms with E-state index in [1.807, 2.05) is 23.1 Å². The maximum atomic E-state index is 12.6. The summed E-state index contributed by atoms with van der Waals surface area (Å²) in [5.74, 6) is 0.381. The van der Waals surface area contributed by atoms with E-state index in [4.69, 9.17) is 5.73 Å². The summed E-state index contributed by atoms with van der Waals surface area (Å²) in [6, 6.07) is 7.46. The molecule has 2 fully saturated rings. The molecule has 1 aliphatic heterocycles. The van der Waals surface area contributed by atoms with E-state index in [1.54, 1.807) is 6.07 Å². The van der Waals surface area contributed by atoms with Crippen LogP contribution in [0.3, 0.4) is 0 Å². The number of aliphatic hydroxyl groups is 1. The van der Waals surface area contributed by atoms with E-state index in [0.717, 1.165) is 57.2 Å². The smallest absolute Gasteiger partial charge is 0.248 e. The Labute approximate surface area is 142 Å². The Morgan fingerprint density at radius 2 is 1.92 bits per heavy atom. The second kappa shape index (κ2) is 7.34. The van der Waals surface area contributed by atoms with Gasteiger partial charge in [0.25, 0.3) is 0 Å². The number of hydrogen-bond acceptors (Lipinski definition) is 3. The third kappa shape index (κ3) is 3.96. The standard InChI is InChI=1S/C19H26N2O3/c20-18(23)16-3-1-2-13(11-16)10-14-8-9-21(12-14)19(24)15-4-6-17(22)7-5-15/h1-3,11,14-15,17,22H,4-10,12H2,(H2,20,23). The van der Waals surface area contributed by atoms with Crippen molar-refractivity contribution in [1.82, 2.24) is 4.90 Å². The summed E-state index contributed by atoms with van der Waals surface area (Å²) in [5, 5.41) is 9.58. The van der Waals surface area contributed by atoms with Gasteiger partial charge in [-0.2, -0.15) is 0 Å². The fraction of sp³-hybridized carbons (Fsp3) is 0.579. The third-order valence-corrected chi connectivity index (χ3v) is 5.38. The van der Waals surface area contributed by atoms with Crippen LogP contribution in [0.15, 0.2) is 24.3 Å². The SMILES string of the molecule is NC(=O)c1cccc(CC2CCN(C(=O)C3CCC(O)CC3)C2)c1. The molecule has 1 aromatic carbocycles. The van der Waals surface area contributed by atoms with Crippen molar-refractivity contribution in [1.29, 1.82) is 0 Å². The fourth-order valence-corrected chi connectivity index (χ4v) is 3.97. The van der Waals surface area contributed by atoms with Crippen molar-refractivity contribution in [2.45, 2.75) is 44.6 Å². The Morgan fingerprint density at radius 1 is 1.17 bits per heavy atom. The fourth-order valence-electron chi connectivity index (χ4n) is 3.97. The first-order valence-electron chi connectivity index (χ1n) is 8.88. The molecule has 5 nitrogen and oxygen atoms in total. The lowest BCUT2D eigenvalue weighted by atomic mass is 9.86. The minimum Gasteiger partial charge on any atom is -0.393 e. The number of rotatable bonds is 4. The minimum absolute atomic E-state index is 0.0883. The topological polar surface area (TPSA) is 83.6 Å². The van der Waals surface area contributed by atoms with Crippen LogP contribution in [0, 0.1) is 11.8 Å². The first-order valence-corrected chi connectivity index (χ1v) is 8.88. The van der Waals surface area contributed by atoms with Crippen molar-refractivity contribution in [3.63, 3.8) is 0 Å². The van der Waals surface area contributed by atoms with E-state index >= 15 is 0 Å². The van der Waals surface area contributed by atoms with Crippen LogP contribution in [0.2, 0.25) is 0 Å². The van der Waals surface area contributed by atoms with Gasteiger partial charge in [0, 0.05) is 24.6 Å².